The molecule has 1 aliphatic rings. The van der Waals surface area contributed by atoms with Crippen LogP contribution in [0.1, 0.15) is 24.0 Å². The van der Waals surface area contributed by atoms with E-state index in [2.05, 4.69) is 9.88 Å². The van der Waals surface area contributed by atoms with E-state index in [-0.39, 0.29) is 6.61 Å². The van der Waals surface area contributed by atoms with Crippen LogP contribution in [-0.2, 0) is 23.2 Å². The standard InChI is InChI=1S/C26H25N3O4/c1-28-14-19(17-7-3-4-8-21(17)28)23-24(26(32)27-25(23)31)20-15-29(11-5-6-12-30)22-10-9-16(33-2)13-18(20)22/h3-4,7-10,13-15,30H,5-6,11-12H2,1-2H3,(H,27,31,32). The van der Waals surface area contributed by atoms with Crippen LogP contribution in [0.2, 0.25) is 0 Å². The summed E-state index contributed by atoms with van der Waals surface area (Å²) in [6.07, 6.45) is 5.32. The van der Waals surface area contributed by atoms with Gasteiger partial charge in [-0.1, -0.05) is 18.2 Å². The normalized spacial score (nSPS) is 14.0. The van der Waals surface area contributed by atoms with Crippen molar-refractivity contribution >= 4 is 44.8 Å². The predicted molar refractivity (Wildman–Crippen MR) is 128 cm³/mol. The molecule has 168 valence electrons. The summed E-state index contributed by atoms with van der Waals surface area (Å²) < 4.78 is 9.48. The molecule has 0 spiro atoms. The minimum absolute atomic E-state index is 0.132. The molecule has 7 nitrogen and oxygen atoms in total. The summed E-state index contributed by atoms with van der Waals surface area (Å²) in [5, 5.41) is 13.5. The Bertz CT molecular complexity index is 1440. The van der Waals surface area contributed by atoms with Gasteiger partial charge in [0, 0.05) is 65.5 Å². The number of aryl methyl sites for hydroxylation is 2. The number of nitrogens with one attached hydrogen (secondary N) is 1. The first kappa shape index (κ1) is 21.0. The number of hydrogen-bond donors (Lipinski definition) is 2. The van der Waals surface area contributed by atoms with E-state index in [4.69, 9.17) is 4.74 Å². The van der Waals surface area contributed by atoms with Gasteiger partial charge in [-0.3, -0.25) is 14.9 Å². The molecule has 0 saturated carbocycles. The second-order valence-corrected chi connectivity index (χ2v) is 8.25. The summed E-state index contributed by atoms with van der Waals surface area (Å²) in [4.78, 5) is 26.1. The third-order valence-electron chi connectivity index (χ3n) is 6.26. The van der Waals surface area contributed by atoms with Gasteiger partial charge >= 0.3 is 0 Å². The Labute approximate surface area is 190 Å². The fraction of sp³-hybridized carbons (Fsp3) is 0.231. The number of para-hydroxylation sites is 1. The molecule has 0 saturated heterocycles. The topological polar surface area (TPSA) is 85.5 Å². The van der Waals surface area contributed by atoms with Gasteiger partial charge in [-0.25, -0.2) is 0 Å². The maximum absolute atomic E-state index is 13.1. The molecule has 2 amide bonds. The molecule has 0 bridgehead atoms. The SMILES string of the molecule is COc1ccc2c(c1)c(C1=C(c3cn(C)c4ccccc34)C(=O)NC1=O)cn2CCCCO. The first-order valence-corrected chi connectivity index (χ1v) is 11.0. The van der Waals surface area contributed by atoms with E-state index in [9.17, 15) is 14.7 Å². The van der Waals surface area contributed by atoms with Crippen LogP contribution in [0.25, 0.3) is 33.0 Å². The molecule has 33 heavy (non-hydrogen) atoms. The number of fused-ring (bicyclic) bond motifs is 2. The van der Waals surface area contributed by atoms with Gasteiger partial charge in [0.2, 0.25) is 0 Å². The van der Waals surface area contributed by atoms with Gasteiger partial charge < -0.3 is 19.0 Å². The Morgan fingerprint density at radius 3 is 2.36 bits per heavy atom. The molecule has 4 aromatic rings. The summed E-state index contributed by atoms with van der Waals surface area (Å²) in [5.74, 6) is -0.121. The molecule has 2 aromatic carbocycles. The van der Waals surface area contributed by atoms with E-state index in [1.165, 1.54) is 0 Å². The minimum atomic E-state index is -0.403. The van der Waals surface area contributed by atoms with Gasteiger partial charge in [-0.2, -0.15) is 0 Å². The van der Waals surface area contributed by atoms with Crippen molar-refractivity contribution < 1.29 is 19.4 Å². The summed E-state index contributed by atoms with van der Waals surface area (Å²) >= 11 is 0. The second kappa shape index (κ2) is 8.26. The van der Waals surface area contributed by atoms with Crippen LogP contribution >= 0.6 is 0 Å². The number of unbranched alkanes of at least 4 members (excludes halogenated alkanes) is 1. The number of ether oxygens (including phenoxy) is 1. The van der Waals surface area contributed by atoms with Crippen molar-refractivity contribution in [3.8, 4) is 5.75 Å². The number of carbonyl (C=O) groups excluding carboxylic acids is 2. The summed E-state index contributed by atoms with van der Waals surface area (Å²) in [6, 6.07) is 13.6. The van der Waals surface area contributed by atoms with E-state index < -0.39 is 11.8 Å². The van der Waals surface area contributed by atoms with Crippen molar-refractivity contribution in [2.45, 2.75) is 19.4 Å². The van der Waals surface area contributed by atoms with Crippen molar-refractivity contribution in [2.24, 2.45) is 7.05 Å². The van der Waals surface area contributed by atoms with E-state index in [0.717, 1.165) is 33.8 Å². The van der Waals surface area contributed by atoms with Crippen molar-refractivity contribution in [2.75, 3.05) is 13.7 Å². The monoisotopic (exact) mass is 443 g/mol. The number of methoxy groups -OCH3 is 1. The summed E-state index contributed by atoms with van der Waals surface area (Å²) in [7, 11) is 3.53. The molecule has 7 heteroatoms. The zero-order valence-corrected chi connectivity index (χ0v) is 18.6. The number of carbonyl (C=O) groups is 2. The molecule has 0 aliphatic carbocycles. The van der Waals surface area contributed by atoms with Crippen LogP contribution in [-0.4, -0.2) is 39.8 Å². The number of aromatic nitrogens is 2. The molecule has 0 atom stereocenters. The number of aliphatic hydroxyl groups is 1. The molecule has 0 unspecified atom stereocenters. The first-order chi connectivity index (χ1) is 16.0. The molecular formula is C26H25N3O4. The fourth-order valence-electron chi connectivity index (χ4n) is 4.69. The van der Waals surface area contributed by atoms with Gasteiger partial charge in [0.1, 0.15) is 5.75 Å². The number of aliphatic hydroxyl groups excluding tert-OH is 1. The van der Waals surface area contributed by atoms with Crippen molar-refractivity contribution in [3.63, 3.8) is 0 Å². The van der Waals surface area contributed by atoms with Crippen LogP contribution in [0.5, 0.6) is 5.75 Å². The van der Waals surface area contributed by atoms with E-state index >= 15 is 0 Å². The van der Waals surface area contributed by atoms with E-state index in [0.29, 0.717) is 35.4 Å². The highest BCUT2D eigenvalue weighted by atomic mass is 16.5. The van der Waals surface area contributed by atoms with Crippen LogP contribution in [0.15, 0.2) is 54.9 Å². The number of imide groups is 1. The van der Waals surface area contributed by atoms with E-state index in [1.807, 2.05) is 66.5 Å². The zero-order chi connectivity index (χ0) is 23.1. The highest BCUT2D eigenvalue weighted by molar-refractivity contribution is 6.50. The fourth-order valence-corrected chi connectivity index (χ4v) is 4.69. The summed E-state index contributed by atoms with van der Waals surface area (Å²) in [5.41, 5.74) is 4.11. The second-order valence-electron chi connectivity index (χ2n) is 8.25. The minimum Gasteiger partial charge on any atom is -0.497 e. The van der Waals surface area contributed by atoms with E-state index in [1.54, 1.807) is 7.11 Å². The molecule has 5 rings (SSSR count). The van der Waals surface area contributed by atoms with Gasteiger partial charge in [-0.15, -0.1) is 0 Å². The molecule has 3 heterocycles. The van der Waals surface area contributed by atoms with Gasteiger partial charge in [0.15, 0.2) is 0 Å². The van der Waals surface area contributed by atoms with Gasteiger partial charge in [0.25, 0.3) is 11.8 Å². The molecule has 0 fully saturated rings. The number of benzene rings is 2. The Morgan fingerprint density at radius 1 is 0.909 bits per heavy atom. The smallest absolute Gasteiger partial charge is 0.259 e. The Kier molecular flexibility index (Phi) is 5.26. The lowest BCUT2D eigenvalue weighted by atomic mass is 9.95. The number of rotatable bonds is 7. The third kappa shape index (κ3) is 3.41. The average Bonchev–Trinajstić information content (AvgIpc) is 3.44. The van der Waals surface area contributed by atoms with Crippen molar-refractivity contribution in [1.82, 2.24) is 14.5 Å². The Morgan fingerprint density at radius 2 is 1.64 bits per heavy atom. The lowest BCUT2D eigenvalue weighted by Crippen LogP contribution is -2.22. The number of hydrogen-bond acceptors (Lipinski definition) is 4. The van der Waals surface area contributed by atoms with Gasteiger partial charge in [-0.05, 0) is 37.1 Å². The molecule has 1 aliphatic heterocycles. The van der Waals surface area contributed by atoms with Crippen LogP contribution in [0.4, 0.5) is 0 Å². The summed E-state index contributed by atoms with van der Waals surface area (Å²) in [6.45, 7) is 0.822. The zero-order valence-electron chi connectivity index (χ0n) is 18.6. The molecular weight excluding hydrogens is 418 g/mol. The highest BCUT2D eigenvalue weighted by Gasteiger charge is 2.35. The predicted octanol–water partition coefficient (Wildman–Crippen LogP) is 3.48. The Hall–Kier alpha value is -3.84. The van der Waals surface area contributed by atoms with Crippen LogP contribution < -0.4 is 10.1 Å². The maximum Gasteiger partial charge on any atom is 0.259 e. The average molecular weight is 444 g/mol. The molecule has 2 aromatic heterocycles. The number of nitrogens with zero attached hydrogens (tertiary/aromatic N) is 2. The molecule has 0 radical (unpaired) electrons. The lowest BCUT2D eigenvalue weighted by Gasteiger charge is -2.05. The van der Waals surface area contributed by atoms with Crippen molar-refractivity contribution in [1.29, 1.82) is 0 Å². The quantitative estimate of drug-likeness (QED) is 0.338. The highest BCUT2D eigenvalue weighted by Crippen LogP contribution is 2.39. The third-order valence-corrected chi connectivity index (χ3v) is 6.26. The van der Waals surface area contributed by atoms with Crippen LogP contribution in [0.3, 0.4) is 0 Å². The Balaban J connectivity index is 1.78. The lowest BCUT2D eigenvalue weighted by molar-refractivity contribution is -0.122. The molecule has 2 N–H and O–H groups in total. The van der Waals surface area contributed by atoms with Crippen molar-refractivity contribution in [3.05, 3.63) is 66.0 Å². The van der Waals surface area contributed by atoms with Crippen LogP contribution in [0, 0.1) is 0 Å². The largest absolute Gasteiger partial charge is 0.497 e. The number of amides is 2. The first-order valence-electron chi connectivity index (χ1n) is 11.0. The van der Waals surface area contributed by atoms with Gasteiger partial charge in [0.05, 0.1) is 18.3 Å². The maximum atomic E-state index is 13.1.